The molecule has 0 unspecified atom stereocenters. The van der Waals surface area contributed by atoms with Crippen molar-refractivity contribution >= 4 is 50.3 Å². The van der Waals surface area contributed by atoms with E-state index in [9.17, 15) is 29.0 Å². The van der Waals surface area contributed by atoms with E-state index in [0.717, 1.165) is 11.8 Å². The van der Waals surface area contributed by atoms with E-state index in [1.54, 1.807) is 18.2 Å². The van der Waals surface area contributed by atoms with Crippen LogP contribution in [-0.2, 0) is 0 Å². The standard InChI is InChI=1S/C27H18FNO6/c1-29(2)14-4-6-18-22(12-14)35-25-16-9-10-21(30)24(28)15(16)7-8-19(25)23(18)20-11-13(26(31)32)3-5-17(20)27(33)34/h3-12H,1-2H3,(H,31,32)(H,33,34). The molecule has 0 saturated heterocycles. The van der Waals surface area contributed by atoms with Crippen molar-refractivity contribution in [2.45, 2.75) is 0 Å². The molecule has 0 amide bonds. The van der Waals surface area contributed by atoms with Gasteiger partial charge in [0.15, 0.2) is 5.82 Å². The Hall–Kier alpha value is -4.72. The molecule has 174 valence electrons. The lowest BCUT2D eigenvalue weighted by Gasteiger charge is -2.17. The van der Waals surface area contributed by atoms with Gasteiger partial charge in [-0.2, -0.15) is 0 Å². The van der Waals surface area contributed by atoms with Gasteiger partial charge in [0.1, 0.15) is 11.2 Å². The molecule has 0 fully saturated rings. The van der Waals surface area contributed by atoms with E-state index in [1.165, 1.54) is 30.3 Å². The van der Waals surface area contributed by atoms with Crippen molar-refractivity contribution in [3.05, 3.63) is 87.8 Å². The average molecular weight is 471 g/mol. The molecule has 35 heavy (non-hydrogen) atoms. The highest BCUT2D eigenvalue weighted by atomic mass is 19.1. The van der Waals surface area contributed by atoms with Crippen molar-refractivity contribution in [3.8, 4) is 11.1 Å². The maximum absolute atomic E-state index is 14.6. The van der Waals surface area contributed by atoms with Crippen molar-refractivity contribution in [2.24, 2.45) is 0 Å². The zero-order valence-corrected chi connectivity index (χ0v) is 18.6. The van der Waals surface area contributed by atoms with Crippen LogP contribution >= 0.6 is 0 Å². The number of carboxylic acids is 2. The van der Waals surface area contributed by atoms with Crippen LogP contribution < -0.4 is 10.3 Å². The molecular weight excluding hydrogens is 453 g/mol. The summed E-state index contributed by atoms with van der Waals surface area (Å²) in [6.45, 7) is 0. The Morgan fingerprint density at radius 2 is 1.51 bits per heavy atom. The van der Waals surface area contributed by atoms with Crippen LogP contribution in [-0.4, -0.2) is 36.2 Å². The van der Waals surface area contributed by atoms with Crippen molar-refractivity contribution in [3.63, 3.8) is 0 Å². The van der Waals surface area contributed by atoms with Gasteiger partial charge in [0, 0.05) is 53.0 Å². The molecule has 5 rings (SSSR count). The van der Waals surface area contributed by atoms with Crippen molar-refractivity contribution in [1.29, 1.82) is 0 Å². The highest BCUT2D eigenvalue weighted by Gasteiger charge is 2.22. The Morgan fingerprint density at radius 1 is 0.829 bits per heavy atom. The summed E-state index contributed by atoms with van der Waals surface area (Å²) in [5.41, 5.74) is 1.11. The van der Waals surface area contributed by atoms with E-state index in [0.29, 0.717) is 27.3 Å². The lowest BCUT2D eigenvalue weighted by atomic mass is 9.91. The van der Waals surface area contributed by atoms with Crippen molar-refractivity contribution in [2.75, 3.05) is 19.0 Å². The predicted octanol–water partition coefficient (Wildman–Crippen LogP) is 5.37. The number of rotatable bonds is 4. The second kappa shape index (κ2) is 7.95. The summed E-state index contributed by atoms with van der Waals surface area (Å²) >= 11 is 0. The van der Waals surface area contributed by atoms with Gasteiger partial charge in [-0.05, 0) is 54.1 Å². The zero-order valence-electron chi connectivity index (χ0n) is 18.6. The molecule has 4 aromatic carbocycles. The van der Waals surface area contributed by atoms with Crippen LogP contribution in [0.2, 0.25) is 0 Å². The molecule has 0 atom stereocenters. The van der Waals surface area contributed by atoms with Gasteiger partial charge in [-0.15, -0.1) is 0 Å². The number of nitrogens with zero attached hydrogens (tertiary/aromatic N) is 1. The van der Waals surface area contributed by atoms with Gasteiger partial charge in [0.25, 0.3) is 0 Å². The van der Waals surface area contributed by atoms with E-state index >= 15 is 0 Å². The van der Waals surface area contributed by atoms with E-state index in [1.807, 2.05) is 25.1 Å². The second-order valence-corrected chi connectivity index (χ2v) is 8.34. The average Bonchev–Trinajstić information content (AvgIpc) is 2.83. The smallest absolute Gasteiger partial charge is 0.336 e. The highest BCUT2D eigenvalue weighted by molar-refractivity contribution is 6.18. The minimum atomic E-state index is -1.23. The Balaban J connectivity index is 2.04. The van der Waals surface area contributed by atoms with Gasteiger partial charge in [-0.3, -0.25) is 4.79 Å². The third-order valence-electron chi connectivity index (χ3n) is 6.05. The molecule has 5 aromatic rings. The van der Waals surface area contributed by atoms with Crippen LogP contribution in [0.1, 0.15) is 20.7 Å². The molecule has 2 N–H and O–H groups in total. The molecule has 0 bridgehead atoms. The molecule has 0 aliphatic carbocycles. The third-order valence-corrected chi connectivity index (χ3v) is 6.05. The SMILES string of the molecule is CN(C)c1ccc2c(-c3cc(C(=O)O)ccc3C(=O)O)c3ccc4c(F)c(=O)ccc4c3oc2c1. The highest BCUT2D eigenvalue weighted by Crippen LogP contribution is 2.41. The molecule has 0 aliphatic heterocycles. The van der Waals surface area contributed by atoms with E-state index in [4.69, 9.17) is 4.42 Å². The Bertz CT molecular complexity index is 1770. The summed E-state index contributed by atoms with van der Waals surface area (Å²) in [7, 11) is 3.70. The normalized spacial score (nSPS) is 11.3. The van der Waals surface area contributed by atoms with Gasteiger partial charge in [0.05, 0.1) is 11.1 Å². The number of fused-ring (bicyclic) bond motifs is 4. The molecule has 0 saturated carbocycles. The van der Waals surface area contributed by atoms with Crippen LogP contribution in [0.4, 0.5) is 10.1 Å². The molecule has 8 heteroatoms. The Labute approximate surface area is 197 Å². The largest absolute Gasteiger partial charge is 0.478 e. The lowest BCUT2D eigenvalue weighted by molar-refractivity contribution is 0.0682. The molecule has 0 spiro atoms. The first-order valence-electron chi connectivity index (χ1n) is 10.6. The number of carboxylic acid groups (broad SMARTS) is 2. The van der Waals surface area contributed by atoms with Gasteiger partial charge < -0.3 is 19.5 Å². The van der Waals surface area contributed by atoms with Gasteiger partial charge in [0.2, 0.25) is 5.43 Å². The van der Waals surface area contributed by atoms with Gasteiger partial charge in [-0.25, -0.2) is 14.0 Å². The summed E-state index contributed by atoms with van der Waals surface area (Å²) in [6.07, 6.45) is 0. The summed E-state index contributed by atoms with van der Waals surface area (Å²) in [5, 5.41) is 20.9. The monoisotopic (exact) mass is 471 g/mol. The number of aromatic carboxylic acids is 2. The minimum absolute atomic E-state index is 0.0700. The van der Waals surface area contributed by atoms with Crippen LogP contribution in [0.25, 0.3) is 43.8 Å². The zero-order chi connectivity index (χ0) is 25.0. The third kappa shape index (κ3) is 3.47. The predicted molar refractivity (Wildman–Crippen MR) is 131 cm³/mol. The van der Waals surface area contributed by atoms with Crippen molar-refractivity contribution < 1.29 is 28.6 Å². The van der Waals surface area contributed by atoms with Gasteiger partial charge in [-0.1, -0.05) is 6.07 Å². The Morgan fingerprint density at radius 3 is 2.20 bits per heavy atom. The molecular formula is C27H18FNO6. The molecule has 1 heterocycles. The first-order chi connectivity index (χ1) is 16.7. The molecule has 0 radical (unpaired) electrons. The summed E-state index contributed by atoms with van der Waals surface area (Å²) in [6, 6.07) is 14.7. The quantitative estimate of drug-likeness (QED) is 0.268. The van der Waals surface area contributed by atoms with E-state index < -0.39 is 23.2 Å². The first-order valence-corrected chi connectivity index (χ1v) is 10.6. The number of halogens is 1. The number of benzene rings is 4. The van der Waals surface area contributed by atoms with E-state index in [2.05, 4.69) is 0 Å². The number of hydrogen-bond donors (Lipinski definition) is 2. The minimum Gasteiger partial charge on any atom is -0.478 e. The summed E-state index contributed by atoms with van der Waals surface area (Å²) < 4.78 is 20.9. The lowest BCUT2D eigenvalue weighted by Crippen LogP contribution is -2.08. The van der Waals surface area contributed by atoms with Gasteiger partial charge >= 0.3 is 11.9 Å². The maximum Gasteiger partial charge on any atom is 0.336 e. The second-order valence-electron chi connectivity index (χ2n) is 8.34. The molecule has 7 nitrogen and oxygen atoms in total. The molecule has 0 aliphatic rings. The fourth-order valence-corrected chi connectivity index (χ4v) is 4.32. The van der Waals surface area contributed by atoms with Crippen LogP contribution in [0.5, 0.6) is 0 Å². The van der Waals surface area contributed by atoms with E-state index in [-0.39, 0.29) is 27.7 Å². The number of anilines is 1. The Kier molecular flexibility index (Phi) is 5.02. The van der Waals surface area contributed by atoms with Crippen molar-refractivity contribution in [1.82, 2.24) is 0 Å². The fraction of sp³-hybridized carbons (Fsp3) is 0.0741. The topological polar surface area (TPSA) is 108 Å². The maximum atomic E-state index is 14.6. The first kappa shape index (κ1) is 22.1. The fourth-order valence-electron chi connectivity index (χ4n) is 4.32. The van der Waals surface area contributed by atoms with Crippen LogP contribution in [0.3, 0.4) is 0 Å². The summed E-state index contributed by atoms with van der Waals surface area (Å²) in [5.74, 6) is -3.35. The van der Waals surface area contributed by atoms with Crippen LogP contribution in [0, 0.1) is 5.82 Å². The number of hydrogen-bond acceptors (Lipinski definition) is 5. The van der Waals surface area contributed by atoms with Crippen LogP contribution in [0.15, 0.2) is 69.9 Å². The summed E-state index contributed by atoms with van der Waals surface area (Å²) in [4.78, 5) is 37.6. The number of carbonyl (C=O) groups is 2. The molecule has 1 aromatic heterocycles.